The van der Waals surface area contributed by atoms with Gasteiger partial charge in [-0.3, -0.25) is 9.69 Å². The second-order valence-corrected chi connectivity index (χ2v) is 11.3. The number of fused-ring (bicyclic) bond motifs is 1. The molecule has 1 amide bonds. The van der Waals surface area contributed by atoms with Crippen LogP contribution in [0.3, 0.4) is 0 Å². The van der Waals surface area contributed by atoms with Crippen molar-refractivity contribution in [1.82, 2.24) is 14.2 Å². The van der Waals surface area contributed by atoms with Crippen LogP contribution in [0.1, 0.15) is 37.0 Å². The quantitative estimate of drug-likeness (QED) is 0.367. The number of aromatic nitrogens is 1. The molecule has 0 saturated heterocycles. The van der Waals surface area contributed by atoms with Crippen LogP contribution in [0.15, 0.2) is 41.3 Å². The molecule has 2 aromatic carbocycles. The predicted octanol–water partition coefficient (Wildman–Crippen LogP) is 4.59. The van der Waals surface area contributed by atoms with Crippen LogP contribution >= 0.6 is 11.3 Å². The zero-order chi connectivity index (χ0) is 25.8. The monoisotopic (exact) mass is 524 g/mol. The van der Waals surface area contributed by atoms with Crippen molar-refractivity contribution in [2.24, 2.45) is 0 Å². The lowest BCUT2D eigenvalue weighted by atomic mass is 10.2. The number of rotatable bonds is 11. The average molecular weight is 525 g/mol. The molecule has 3 rings (SSSR count). The van der Waals surface area contributed by atoms with Crippen molar-refractivity contribution in [3.8, 4) is 0 Å². The third-order valence-corrected chi connectivity index (χ3v) is 8.52. The molecule has 0 saturated carbocycles. The number of halogens is 2. The molecule has 35 heavy (non-hydrogen) atoms. The van der Waals surface area contributed by atoms with E-state index in [4.69, 9.17) is 0 Å². The molecule has 0 spiro atoms. The summed E-state index contributed by atoms with van der Waals surface area (Å²) in [5, 5.41) is 0.241. The number of nitrogens with zero attached hydrogens (tertiary/aromatic N) is 4. The molecule has 1 heterocycles. The summed E-state index contributed by atoms with van der Waals surface area (Å²) in [5.41, 5.74) is 0.271. The summed E-state index contributed by atoms with van der Waals surface area (Å²) in [6.07, 6.45) is 1.64. The van der Waals surface area contributed by atoms with Crippen molar-refractivity contribution in [3.63, 3.8) is 0 Å². The van der Waals surface area contributed by atoms with Crippen LogP contribution in [-0.4, -0.2) is 68.8 Å². The topological polar surface area (TPSA) is 73.8 Å². The lowest BCUT2D eigenvalue weighted by molar-refractivity contribution is 0.0985. The van der Waals surface area contributed by atoms with Crippen LogP contribution in [0.4, 0.5) is 13.9 Å². The van der Waals surface area contributed by atoms with E-state index in [1.807, 2.05) is 25.9 Å². The van der Waals surface area contributed by atoms with E-state index in [2.05, 4.69) is 4.98 Å². The number of benzene rings is 2. The smallest absolute Gasteiger partial charge is 0.260 e. The van der Waals surface area contributed by atoms with Gasteiger partial charge in [0.05, 0.1) is 9.60 Å². The number of carbonyl (C=O) groups excluding carboxylic acids is 1. The lowest BCUT2D eigenvalue weighted by Crippen LogP contribution is -2.36. The van der Waals surface area contributed by atoms with E-state index in [-0.39, 0.29) is 27.7 Å². The Labute approximate surface area is 209 Å². The molecule has 7 nitrogen and oxygen atoms in total. The van der Waals surface area contributed by atoms with Gasteiger partial charge in [-0.2, -0.15) is 4.31 Å². The molecule has 1 aromatic heterocycles. The van der Waals surface area contributed by atoms with Gasteiger partial charge in [0.25, 0.3) is 5.91 Å². The van der Waals surface area contributed by atoms with Gasteiger partial charge < -0.3 is 4.90 Å². The Hall–Kier alpha value is -2.47. The Kier molecular flexibility index (Phi) is 8.92. The summed E-state index contributed by atoms with van der Waals surface area (Å²) in [6.45, 7) is 5.35. The first-order valence-corrected chi connectivity index (χ1v) is 13.7. The number of sulfonamides is 1. The van der Waals surface area contributed by atoms with E-state index in [9.17, 15) is 22.0 Å². The predicted molar refractivity (Wildman–Crippen MR) is 136 cm³/mol. The molecule has 0 N–H and O–H groups in total. The van der Waals surface area contributed by atoms with Crippen LogP contribution in [0.5, 0.6) is 0 Å². The largest absolute Gasteiger partial charge is 0.308 e. The molecule has 11 heteroatoms. The number of likely N-dealkylation sites (N-methyl/N-ethyl adjacent to an activating group) is 1. The van der Waals surface area contributed by atoms with Crippen molar-refractivity contribution >= 4 is 42.6 Å². The molecule has 0 radical (unpaired) electrons. The highest BCUT2D eigenvalue weighted by atomic mass is 32.2. The Balaban J connectivity index is 1.93. The fourth-order valence-corrected chi connectivity index (χ4v) is 6.02. The van der Waals surface area contributed by atoms with Crippen molar-refractivity contribution in [1.29, 1.82) is 0 Å². The number of hydrogen-bond donors (Lipinski definition) is 0. The van der Waals surface area contributed by atoms with Gasteiger partial charge in [0.15, 0.2) is 10.9 Å². The highest BCUT2D eigenvalue weighted by molar-refractivity contribution is 7.89. The Morgan fingerprint density at radius 2 is 1.71 bits per heavy atom. The molecule has 0 aliphatic carbocycles. The summed E-state index contributed by atoms with van der Waals surface area (Å²) in [4.78, 5) is 21.1. The molecule has 0 bridgehead atoms. The third-order valence-electron chi connectivity index (χ3n) is 5.50. The molecule has 0 fully saturated rings. The fraction of sp³-hybridized carbons (Fsp3) is 0.417. The van der Waals surface area contributed by atoms with E-state index in [1.165, 1.54) is 39.5 Å². The van der Waals surface area contributed by atoms with Gasteiger partial charge in [-0.25, -0.2) is 22.2 Å². The van der Waals surface area contributed by atoms with Crippen LogP contribution < -0.4 is 4.90 Å². The van der Waals surface area contributed by atoms with Crippen LogP contribution in [-0.2, 0) is 10.0 Å². The molecule has 0 aliphatic rings. The Morgan fingerprint density at radius 3 is 2.31 bits per heavy atom. The maximum atomic E-state index is 14.2. The first-order chi connectivity index (χ1) is 16.6. The van der Waals surface area contributed by atoms with Gasteiger partial charge in [-0.15, -0.1) is 0 Å². The maximum Gasteiger partial charge on any atom is 0.260 e. The van der Waals surface area contributed by atoms with Gasteiger partial charge in [-0.1, -0.05) is 31.6 Å². The molecular formula is C24H30F2N4O3S2. The van der Waals surface area contributed by atoms with E-state index >= 15 is 0 Å². The summed E-state index contributed by atoms with van der Waals surface area (Å²) in [6, 6.07) is 7.74. The number of hydrogen-bond acceptors (Lipinski definition) is 6. The van der Waals surface area contributed by atoms with E-state index in [0.717, 1.165) is 30.2 Å². The van der Waals surface area contributed by atoms with Gasteiger partial charge in [0.2, 0.25) is 10.0 Å². The molecule has 190 valence electrons. The maximum absolute atomic E-state index is 14.2. The third kappa shape index (κ3) is 6.21. The zero-order valence-electron chi connectivity index (χ0n) is 20.3. The second kappa shape index (κ2) is 11.5. The van der Waals surface area contributed by atoms with Crippen LogP contribution in [0.25, 0.3) is 10.2 Å². The van der Waals surface area contributed by atoms with Crippen LogP contribution in [0, 0.1) is 11.6 Å². The normalized spacial score (nSPS) is 12.1. The van der Waals surface area contributed by atoms with Crippen molar-refractivity contribution in [3.05, 3.63) is 53.6 Å². The van der Waals surface area contributed by atoms with Crippen molar-refractivity contribution < 1.29 is 22.0 Å². The first kappa shape index (κ1) is 27.1. The Bertz CT molecular complexity index is 1280. The van der Waals surface area contributed by atoms with E-state index in [0.29, 0.717) is 24.3 Å². The molecule has 3 aromatic rings. The lowest BCUT2D eigenvalue weighted by Gasteiger charge is -2.23. The fourth-order valence-electron chi connectivity index (χ4n) is 3.50. The number of anilines is 1. The summed E-state index contributed by atoms with van der Waals surface area (Å²) < 4.78 is 55.6. The van der Waals surface area contributed by atoms with Crippen LogP contribution in [0.2, 0.25) is 0 Å². The second-order valence-electron chi connectivity index (χ2n) is 8.37. The average Bonchev–Trinajstić information content (AvgIpc) is 3.23. The summed E-state index contributed by atoms with van der Waals surface area (Å²) >= 11 is 1.02. The number of amides is 1. The van der Waals surface area contributed by atoms with Crippen molar-refractivity contribution in [2.45, 2.75) is 31.6 Å². The molecule has 0 atom stereocenters. The minimum Gasteiger partial charge on any atom is -0.308 e. The van der Waals surface area contributed by atoms with Gasteiger partial charge in [0, 0.05) is 37.8 Å². The number of thiazole rings is 1. The van der Waals surface area contributed by atoms with Crippen molar-refractivity contribution in [2.75, 3.05) is 45.2 Å². The number of unbranched alkanes of at least 4 members (excludes halogenated alkanes) is 1. The Morgan fingerprint density at radius 1 is 1.03 bits per heavy atom. The highest BCUT2D eigenvalue weighted by Crippen LogP contribution is 2.32. The summed E-state index contributed by atoms with van der Waals surface area (Å²) in [5.74, 6) is -1.91. The number of carbonyl (C=O) groups is 1. The first-order valence-electron chi connectivity index (χ1n) is 11.4. The minimum atomic E-state index is -3.67. The standard InChI is InChI=1S/C24H30F2N4O3S2/c1-5-7-12-29(6-2)35(32,33)19-10-8-17(9-11-19)23(31)30(14-13-28(3)4)24-27-22-20(26)15-18(25)16-21(22)34-24/h8-11,15-16H,5-7,12-14H2,1-4H3. The molecular weight excluding hydrogens is 494 g/mol. The highest BCUT2D eigenvalue weighted by Gasteiger charge is 2.25. The molecule has 0 aliphatic heterocycles. The SMILES string of the molecule is CCCCN(CC)S(=O)(=O)c1ccc(C(=O)N(CCN(C)C)c2nc3c(F)cc(F)cc3s2)cc1. The minimum absolute atomic E-state index is 0.00207. The van der Waals surface area contributed by atoms with Gasteiger partial charge in [0.1, 0.15) is 11.3 Å². The van der Waals surface area contributed by atoms with Gasteiger partial charge in [-0.05, 0) is 50.8 Å². The van der Waals surface area contributed by atoms with E-state index < -0.39 is 27.6 Å². The van der Waals surface area contributed by atoms with E-state index in [1.54, 1.807) is 6.92 Å². The molecule has 0 unspecified atom stereocenters. The zero-order valence-corrected chi connectivity index (χ0v) is 21.9. The van der Waals surface area contributed by atoms with Gasteiger partial charge >= 0.3 is 0 Å². The summed E-state index contributed by atoms with van der Waals surface area (Å²) in [7, 11) is 0.0382.